The molecule has 0 unspecified atom stereocenters. The number of anilines is 2. The van der Waals surface area contributed by atoms with Crippen molar-refractivity contribution in [3.05, 3.63) is 71.8 Å². The molecule has 2 heterocycles. The first kappa shape index (κ1) is 23.3. The summed E-state index contributed by atoms with van der Waals surface area (Å²) in [4.78, 5) is 24.1. The van der Waals surface area contributed by atoms with Crippen LogP contribution in [0.1, 0.15) is 0 Å². The molecule has 0 fully saturated rings. The molecule has 0 aliphatic heterocycles. The van der Waals surface area contributed by atoms with E-state index in [1.165, 1.54) is 35.1 Å². The number of nitrogen functional groups attached to an aromatic ring is 1. The quantitative estimate of drug-likeness (QED) is 0.421. The molecule has 10 heteroatoms. The van der Waals surface area contributed by atoms with Crippen molar-refractivity contribution in [2.45, 2.75) is 0 Å². The van der Waals surface area contributed by atoms with Gasteiger partial charge in [-0.15, -0.1) is 0 Å². The fourth-order valence-electron chi connectivity index (χ4n) is 3.48. The van der Waals surface area contributed by atoms with Crippen LogP contribution in [0.15, 0.2) is 60.9 Å². The minimum absolute atomic E-state index is 0.107. The standard InChI is InChI=1S/C24H23ClFN7O/c1-31(2)13-5-8-19(34)32(3)17-6-4-7-18(21(17)26)33-24-20(23(27)28-14-29-24)22(30-33)15-9-11-16(25)12-10-15/h4-12,14H,13H2,1-3H3,(H2,27,28,29). The molecule has 0 spiro atoms. The van der Waals surface area contributed by atoms with Gasteiger partial charge in [0.15, 0.2) is 11.5 Å². The molecule has 8 nitrogen and oxygen atoms in total. The van der Waals surface area contributed by atoms with Gasteiger partial charge in [0, 0.05) is 30.3 Å². The van der Waals surface area contributed by atoms with Crippen LogP contribution in [-0.2, 0) is 4.79 Å². The third-order valence-electron chi connectivity index (χ3n) is 5.22. The number of fused-ring (bicyclic) bond motifs is 1. The summed E-state index contributed by atoms with van der Waals surface area (Å²) in [7, 11) is 5.31. The van der Waals surface area contributed by atoms with Gasteiger partial charge in [-0.05, 0) is 38.4 Å². The zero-order valence-corrected chi connectivity index (χ0v) is 19.7. The van der Waals surface area contributed by atoms with E-state index in [-0.39, 0.29) is 23.1 Å². The monoisotopic (exact) mass is 479 g/mol. The van der Waals surface area contributed by atoms with Crippen molar-refractivity contribution in [2.75, 3.05) is 38.3 Å². The van der Waals surface area contributed by atoms with E-state index in [1.54, 1.807) is 42.5 Å². The number of hydrogen-bond acceptors (Lipinski definition) is 6. The maximum Gasteiger partial charge on any atom is 0.250 e. The number of nitrogens with zero attached hydrogens (tertiary/aromatic N) is 6. The van der Waals surface area contributed by atoms with Crippen molar-refractivity contribution < 1.29 is 9.18 Å². The van der Waals surface area contributed by atoms with E-state index in [9.17, 15) is 4.79 Å². The van der Waals surface area contributed by atoms with Crippen LogP contribution in [0.5, 0.6) is 0 Å². The summed E-state index contributed by atoms with van der Waals surface area (Å²) >= 11 is 6.03. The number of aromatic nitrogens is 4. The Morgan fingerprint density at radius 1 is 1.15 bits per heavy atom. The van der Waals surface area contributed by atoms with Gasteiger partial charge in [-0.25, -0.2) is 19.0 Å². The summed E-state index contributed by atoms with van der Waals surface area (Å²) in [6.07, 6.45) is 4.44. The van der Waals surface area contributed by atoms with E-state index >= 15 is 4.39 Å². The zero-order chi connectivity index (χ0) is 24.4. The summed E-state index contributed by atoms with van der Waals surface area (Å²) in [5.74, 6) is -0.753. The molecule has 2 aromatic heterocycles. The van der Waals surface area contributed by atoms with E-state index < -0.39 is 5.82 Å². The van der Waals surface area contributed by atoms with Gasteiger partial charge in [-0.3, -0.25) is 4.79 Å². The summed E-state index contributed by atoms with van der Waals surface area (Å²) < 4.78 is 17.1. The average Bonchev–Trinajstić information content (AvgIpc) is 3.20. The van der Waals surface area contributed by atoms with Gasteiger partial charge >= 0.3 is 0 Å². The SMILES string of the molecule is CN(C)CC=CC(=O)N(C)c1cccc(-n2nc(-c3ccc(Cl)cc3)c3c(N)ncnc32)c1F. The lowest BCUT2D eigenvalue weighted by molar-refractivity contribution is -0.113. The zero-order valence-electron chi connectivity index (χ0n) is 18.9. The molecule has 4 rings (SSSR count). The van der Waals surface area contributed by atoms with Gasteiger partial charge in [0.1, 0.15) is 23.5 Å². The first-order chi connectivity index (χ1) is 16.3. The molecule has 0 saturated carbocycles. The predicted molar refractivity (Wildman–Crippen MR) is 133 cm³/mol. The van der Waals surface area contributed by atoms with E-state index in [2.05, 4.69) is 15.1 Å². The maximum absolute atomic E-state index is 15.7. The van der Waals surface area contributed by atoms with Gasteiger partial charge in [0.25, 0.3) is 5.91 Å². The molecule has 0 bridgehead atoms. The topological polar surface area (TPSA) is 93.2 Å². The molecule has 2 N–H and O–H groups in total. The van der Waals surface area contributed by atoms with E-state index in [0.29, 0.717) is 28.3 Å². The van der Waals surface area contributed by atoms with Crippen molar-refractivity contribution in [2.24, 2.45) is 0 Å². The number of hydrogen-bond donors (Lipinski definition) is 1. The molecule has 0 aliphatic carbocycles. The highest BCUT2D eigenvalue weighted by Crippen LogP contribution is 2.34. The van der Waals surface area contributed by atoms with E-state index in [0.717, 1.165) is 5.56 Å². The minimum Gasteiger partial charge on any atom is -0.383 e. The Kier molecular flexibility index (Phi) is 6.58. The molecule has 34 heavy (non-hydrogen) atoms. The Bertz CT molecular complexity index is 1380. The lowest BCUT2D eigenvalue weighted by Crippen LogP contribution is -2.26. The molecular formula is C24H23ClFN7O. The summed E-state index contributed by atoms with van der Waals surface area (Å²) in [5.41, 5.74) is 7.94. The summed E-state index contributed by atoms with van der Waals surface area (Å²) in [6.45, 7) is 0.593. The highest BCUT2D eigenvalue weighted by Gasteiger charge is 2.22. The number of benzene rings is 2. The first-order valence-corrected chi connectivity index (χ1v) is 10.8. The lowest BCUT2D eigenvalue weighted by Gasteiger charge is -2.18. The highest BCUT2D eigenvalue weighted by molar-refractivity contribution is 6.30. The van der Waals surface area contributed by atoms with Gasteiger partial charge in [0.05, 0.1) is 11.1 Å². The average molecular weight is 480 g/mol. The van der Waals surface area contributed by atoms with Gasteiger partial charge < -0.3 is 15.5 Å². The Balaban J connectivity index is 1.82. The predicted octanol–water partition coefficient (Wildman–Crippen LogP) is 3.94. The highest BCUT2D eigenvalue weighted by atomic mass is 35.5. The number of carbonyl (C=O) groups is 1. The largest absolute Gasteiger partial charge is 0.383 e. The molecule has 0 aliphatic rings. The van der Waals surface area contributed by atoms with Gasteiger partial charge in [-0.2, -0.15) is 5.10 Å². The molecule has 0 atom stereocenters. The fraction of sp³-hybridized carbons (Fsp3) is 0.167. The maximum atomic E-state index is 15.7. The molecule has 0 radical (unpaired) electrons. The Hall–Kier alpha value is -3.82. The Labute approximate surface area is 201 Å². The van der Waals surface area contributed by atoms with Crippen LogP contribution in [0.4, 0.5) is 15.9 Å². The molecule has 174 valence electrons. The van der Waals surface area contributed by atoms with Crippen LogP contribution in [-0.4, -0.2) is 58.2 Å². The summed E-state index contributed by atoms with van der Waals surface area (Å²) in [6, 6.07) is 11.8. The Morgan fingerprint density at radius 3 is 2.59 bits per heavy atom. The van der Waals surface area contributed by atoms with Crippen molar-refractivity contribution >= 4 is 40.0 Å². The van der Waals surface area contributed by atoms with Crippen molar-refractivity contribution in [3.63, 3.8) is 0 Å². The third kappa shape index (κ3) is 4.48. The molecule has 1 amide bonds. The number of nitrogens with two attached hydrogens (primary N) is 1. The fourth-order valence-corrected chi connectivity index (χ4v) is 3.60. The number of carbonyl (C=O) groups excluding carboxylic acids is 1. The van der Waals surface area contributed by atoms with E-state index in [4.69, 9.17) is 17.3 Å². The van der Waals surface area contributed by atoms with Crippen molar-refractivity contribution in [1.82, 2.24) is 24.6 Å². The van der Waals surface area contributed by atoms with Gasteiger partial charge in [0.2, 0.25) is 0 Å². The Morgan fingerprint density at radius 2 is 1.88 bits per heavy atom. The van der Waals surface area contributed by atoms with Crippen LogP contribution in [0, 0.1) is 5.82 Å². The third-order valence-corrected chi connectivity index (χ3v) is 5.47. The first-order valence-electron chi connectivity index (χ1n) is 10.4. The van der Waals surface area contributed by atoms with Crippen molar-refractivity contribution in [3.8, 4) is 16.9 Å². The minimum atomic E-state index is -0.622. The smallest absolute Gasteiger partial charge is 0.250 e. The summed E-state index contributed by atoms with van der Waals surface area (Å²) in [5, 5.41) is 5.69. The number of halogens is 2. The van der Waals surface area contributed by atoms with Crippen molar-refractivity contribution in [1.29, 1.82) is 0 Å². The molecule has 4 aromatic rings. The second-order valence-electron chi connectivity index (χ2n) is 7.90. The second kappa shape index (κ2) is 9.58. The van der Waals surface area contributed by atoms with Crippen LogP contribution < -0.4 is 10.6 Å². The van der Waals surface area contributed by atoms with Crippen LogP contribution in [0.25, 0.3) is 28.0 Å². The van der Waals surface area contributed by atoms with Crippen LogP contribution in [0.2, 0.25) is 5.02 Å². The molecule has 0 saturated heterocycles. The van der Waals surface area contributed by atoms with E-state index in [1.807, 2.05) is 19.0 Å². The normalized spacial score (nSPS) is 11.6. The van der Waals surface area contributed by atoms with Gasteiger partial charge in [-0.1, -0.05) is 35.9 Å². The number of likely N-dealkylation sites (N-methyl/N-ethyl adjacent to an activating group) is 2. The lowest BCUT2D eigenvalue weighted by atomic mass is 10.1. The number of amides is 1. The molecule has 2 aromatic carbocycles. The van der Waals surface area contributed by atoms with Crippen LogP contribution >= 0.6 is 11.6 Å². The second-order valence-corrected chi connectivity index (χ2v) is 8.33. The molecular weight excluding hydrogens is 457 g/mol. The van der Waals surface area contributed by atoms with Crippen LogP contribution in [0.3, 0.4) is 0 Å². The number of rotatable bonds is 6.